The van der Waals surface area contributed by atoms with Crippen molar-refractivity contribution in [1.82, 2.24) is 5.32 Å². The monoisotopic (exact) mass is 275 g/mol. The van der Waals surface area contributed by atoms with Gasteiger partial charge in [0.2, 0.25) is 5.91 Å². The summed E-state index contributed by atoms with van der Waals surface area (Å²) in [5.41, 5.74) is 0.606. The van der Waals surface area contributed by atoms with Crippen molar-refractivity contribution in [1.29, 1.82) is 0 Å². The summed E-state index contributed by atoms with van der Waals surface area (Å²) in [4.78, 5) is 23.2. The number of rotatable bonds is 6. The second kappa shape index (κ2) is 7.08. The van der Waals surface area contributed by atoms with Crippen molar-refractivity contribution in [2.75, 3.05) is 0 Å². The van der Waals surface area contributed by atoms with E-state index in [9.17, 15) is 14.7 Å². The van der Waals surface area contributed by atoms with Crippen LogP contribution in [0.15, 0.2) is 30.3 Å². The van der Waals surface area contributed by atoms with Gasteiger partial charge in [0.1, 0.15) is 0 Å². The summed E-state index contributed by atoms with van der Waals surface area (Å²) in [6.45, 7) is 0. The van der Waals surface area contributed by atoms with Crippen LogP contribution in [-0.2, 0) is 9.59 Å². The van der Waals surface area contributed by atoms with Crippen molar-refractivity contribution >= 4 is 11.9 Å². The first kappa shape index (κ1) is 14.6. The van der Waals surface area contributed by atoms with Gasteiger partial charge in [-0.2, -0.15) is 0 Å². The Morgan fingerprint density at radius 1 is 1.20 bits per heavy atom. The summed E-state index contributed by atoms with van der Waals surface area (Å²) in [5, 5.41) is 11.9. The number of carboxylic acids is 1. The lowest BCUT2D eigenvalue weighted by Gasteiger charge is -2.15. The van der Waals surface area contributed by atoms with Crippen molar-refractivity contribution in [2.24, 2.45) is 5.92 Å². The maximum Gasteiger partial charge on any atom is 0.330 e. The minimum atomic E-state index is -1.02. The van der Waals surface area contributed by atoms with Gasteiger partial charge in [0.05, 0.1) is 0 Å². The third-order valence-electron chi connectivity index (χ3n) is 3.94. The van der Waals surface area contributed by atoms with Gasteiger partial charge in [-0.25, -0.2) is 4.79 Å². The highest BCUT2D eigenvalue weighted by atomic mass is 16.4. The summed E-state index contributed by atoms with van der Waals surface area (Å²) >= 11 is 0. The molecule has 2 rings (SSSR count). The van der Waals surface area contributed by atoms with E-state index in [0.29, 0.717) is 17.9 Å². The molecule has 1 aliphatic rings. The summed E-state index contributed by atoms with van der Waals surface area (Å²) < 4.78 is 0. The Morgan fingerprint density at radius 3 is 2.45 bits per heavy atom. The van der Waals surface area contributed by atoms with Crippen LogP contribution in [0.4, 0.5) is 0 Å². The van der Waals surface area contributed by atoms with E-state index in [1.165, 1.54) is 25.7 Å². The highest BCUT2D eigenvalue weighted by Gasteiger charge is 2.22. The predicted molar refractivity (Wildman–Crippen MR) is 76.2 cm³/mol. The first-order valence-corrected chi connectivity index (χ1v) is 7.24. The Balaban J connectivity index is 1.87. The van der Waals surface area contributed by atoms with E-state index in [2.05, 4.69) is 5.32 Å². The molecule has 108 valence electrons. The number of carbonyl (C=O) groups is 2. The van der Waals surface area contributed by atoms with Gasteiger partial charge in [-0.3, -0.25) is 4.79 Å². The van der Waals surface area contributed by atoms with Gasteiger partial charge in [0, 0.05) is 6.42 Å². The minimum Gasteiger partial charge on any atom is -0.479 e. The van der Waals surface area contributed by atoms with Crippen LogP contribution < -0.4 is 5.32 Å². The maximum absolute atomic E-state index is 11.9. The average Bonchev–Trinajstić information content (AvgIpc) is 2.96. The van der Waals surface area contributed by atoms with Crippen molar-refractivity contribution in [3.63, 3.8) is 0 Å². The fourth-order valence-corrected chi connectivity index (χ4v) is 2.80. The molecule has 1 amide bonds. The molecule has 4 heteroatoms. The van der Waals surface area contributed by atoms with Gasteiger partial charge in [-0.15, -0.1) is 0 Å². The molecule has 2 N–H and O–H groups in total. The third kappa shape index (κ3) is 4.08. The van der Waals surface area contributed by atoms with E-state index in [0.717, 1.165) is 6.42 Å². The molecule has 1 unspecified atom stereocenters. The zero-order chi connectivity index (χ0) is 14.4. The molecule has 1 saturated carbocycles. The molecule has 1 aromatic rings. The molecule has 0 aromatic heterocycles. The van der Waals surface area contributed by atoms with Crippen molar-refractivity contribution in [3.8, 4) is 0 Å². The van der Waals surface area contributed by atoms with Gasteiger partial charge < -0.3 is 10.4 Å². The highest BCUT2D eigenvalue weighted by Crippen LogP contribution is 2.28. The Hall–Kier alpha value is -1.84. The van der Waals surface area contributed by atoms with Crippen molar-refractivity contribution in [2.45, 2.75) is 44.6 Å². The van der Waals surface area contributed by atoms with Crippen LogP contribution in [0.2, 0.25) is 0 Å². The van der Waals surface area contributed by atoms with Crippen molar-refractivity contribution < 1.29 is 14.7 Å². The van der Waals surface area contributed by atoms with Crippen LogP contribution in [0.1, 0.15) is 50.1 Å². The second-order valence-corrected chi connectivity index (χ2v) is 5.44. The molecule has 20 heavy (non-hydrogen) atoms. The molecular weight excluding hydrogens is 254 g/mol. The molecule has 4 nitrogen and oxygen atoms in total. The third-order valence-corrected chi connectivity index (χ3v) is 3.94. The topological polar surface area (TPSA) is 66.4 Å². The minimum absolute atomic E-state index is 0.173. The number of carboxylic acid groups (broad SMARTS) is 1. The Bertz CT molecular complexity index is 452. The summed E-state index contributed by atoms with van der Waals surface area (Å²) in [6, 6.07) is 7.86. The first-order chi connectivity index (χ1) is 9.66. The summed E-state index contributed by atoms with van der Waals surface area (Å²) in [7, 11) is 0. The maximum atomic E-state index is 11.9. The smallest absolute Gasteiger partial charge is 0.330 e. The van der Waals surface area contributed by atoms with E-state index >= 15 is 0 Å². The van der Waals surface area contributed by atoms with E-state index in [1.807, 2.05) is 6.07 Å². The Kier molecular flexibility index (Phi) is 5.16. The molecule has 0 aliphatic heterocycles. The second-order valence-electron chi connectivity index (χ2n) is 5.44. The number of amides is 1. The Morgan fingerprint density at radius 2 is 1.85 bits per heavy atom. The van der Waals surface area contributed by atoms with Gasteiger partial charge in [0.25, 0.3) is 0 Å². The van der Waals surface area contributed by atoms with Crippen LogP contribution in [0.25, 0.3) is 0 Å². The van der Waals surface area contributed by atoms with Crippen LogP contribution >= 0.6 is 0 Å². The molecular formula is C16H21NO3. The van der Waals surface area contributed by atoms with Crippen LogP contribution in [0, 0.1) is 5.92 Å². The molecule has 0 radical (unpaired) electrons. The zero-order valence-corrected chi connectivity index (χ0v) is 11.5. The molecule has 1 atom stereocenters. The molecule has 0 saturated heterocycles. The van der Waals surface area contributed by atoms with E-state index in [-0.39, 0.29) is 5.91 Å². The largest absolute Gasteiger partial charge is 0.479 e. The van der Waals surface area contributed by atoms with Gasteiger partial charge in [0.15, 0.2) is 6.04 Å². The first-order valence-electron chi connectivity index (χ1n) is 7.24. The van der Waals surface area contributed by atoms with Crippen LogP contribution in [0.3, 0.4) is 0 Å². The molecule has 0 heterocycles. The van der Waals surface area contributed by atoms with Crippen LogP contribution in [0.5, 0.6) is 0 Å². The number of benzene rings is 1. The number of hydrogen-bond donors (Lipinski definition) is 2. The Labute approximate surface area is 119 Å². The quantitative estimate of drug-likeness (QED) is 0.839. The normalized spacial score (nSPS) is 16.8. The van der Waals surface area contributed by atoms with Crippen LogP contribution in [-0.4, -0.2) is 17.0 Å². The van der Waals surface area contributed by atoms with Gasteiger partial charge in [-0.05, 0) is 17.9 Å². The zero-order valence-electron chi connectivity index (χ0n) is 11.5. The average molecular weight is 275 g/mol. The molecule has 0 spiro atoms. The van der Waals surface area contributed by atoms with E-state index in [1.54, 1.807) is 24.3 Å². The van der Waals surface area contributed by atoms with E-state index < -0.39 is 12.0 Å². The molecule has 1 aromatic carbocycles. The van der Waals surface area contributed by atoms with Gasteiger partial charge in [-0.1, -0.05) is 56.0 Å². The highest BCUT2D eigenvalue weighted by molar-refractivity contribution is 5.84. The lowest BCUT2D eigenvalue weighted by atomic mass is 10.0. The summed E-state index contributed by atoms with van der Waals surface area (Å²) in [5.74, 6) is -0.556. The number of carbonyl (C=O) groups excluding carboxylic acids is 1. The fourth-order valence-electron chi connectivity index (χ4n) is 2.80. The predicted octanol–water partition coefficient (Wildman–Crippen LogP) is 2.90. The number of nitrogens with one attached hydrogen (secondary N) is 1. The number of hydrogen-bond acceptors (Lipinski definition) is 2. The molecule has 1 aliphatic carbocycles. The van der Waals surface area contributed by atoms with E-state index in [4.69, 9.17) is 0 Å². The van der Waals surface area contributed by atoms with Crippen molar-refractivity contribution in [3.05, 3.63) is 35.9 Å². The molecule has 1 fully saturated rings. The standard InChI is InChI=1S/C16H21NO3/c18-14(11-10-12-6-4-5-7-12)17-15(16(19)20)13-8-2-1-3-9-13/h1-3,8-9,12,15H,4-7,10-11H2,(H,17,18)(H,19,20). The number of aliphatic carboxylic acids is 1. The molecule has 0 bridgehead atoms. The SMILES string of the molecule is O=C(CCC1CCCC1)NC(C(=O)O)c1ccccc1. The lowest BCUT2D eigenvalue weighted by molar-refractivity contribution is -0.142. The van der Waals surface area contributed by atoms with Gasteiger partial charge >= 0.3 is 5.97 Å². The fraction of sp³-hybridized carbons (Fsp3) is 0.500. The lowest BCUT2D eigenvalue weighted by Crippen LogP contribution is -2.33. The summed E-state index contributed by atoms with van der Waals surface area (Å²) in [6.07, 6.45) is 6.21.